The van der Waals surface area contributed by atoms with Crippen LogP contribution in [0.2, 0.25) is 0 Å². The zero-order valence-corrected chi connectivity index (χ0v) is 22.5. The summed E-state index contributed by atoms with van der Waals surface area (Å²) in [4.78, 5) is 16.8. The Morgan fingerprint density at radius 3 is 2.39 bits per heavy atom. The van der Waals surface area contributed by atoms with E-state index >= 15 is 0 Å². The number of fused-ring (bicyclic) bond motifs is 1. The number of aliphatic imine (C=N–C) groups is 1. The fourth-order valence-corrected chi connectivity index (χ4v) is 6.05. The predicted octanol–water partition coefficient (Wildman–Crippen LogP) is 6.91. The summed E-state index contributed by atoms with van der Waals surface area (Å²) in [5.41, 5.74) is 10.5. The smallest absolute Gasteiger partial charge is 0.139 e. The van der Waals surface area contributed by atoms with Crippen molar-refractivity contribution >= 4 is 28.8 Å². The van der Waals surface area contributed by atoms with Crippen LogP contribution in [0.25, 0.3) is 17.2 Å². The highest BCUT2D eigenvalue weighted by Crippen LogP contribution is 2.43. The highest BCUT2D eigenvalue weighted by Gasteiger charge is 2.38. The molecular formula is C32H33FN4O. The lowest BCUT2D eigenvalue weighted by atomic mass is 9.74. The maximum atomic E-state index is 13.4. The molecule has 3 aromatic rings. The highest BCUT2D eigenvalue weighted by atomic mass is 19.1. The van der Waals surface area contributed by atoms with Gasteiger partial charge in [0, 0.05) is 48.3 Å². The number of rotatable bonds is 5. The average molecular weight is 509 g/mol. The first kappa shape index (κ1) is 24.5. The Kier molecular flexibility index (Phi) is 6.13. The van der Waals surface area contributed by atoms with Crippen molar-refractivity contribution in [2.24, 2.45) is 10.4 Å². The van der Waals surface area contributed by atoms with Crippen molar-refractivity contribution in [3.63, 3.8) is 0 Å². The Labute approximate surface area is 223 Å². The van der Waals surface area contributed by atoms with Crippen molar-refractivity contribution in [2.75, 3.05) is 25.1 Å². The van der Waals surface area contributed by atoms with Crippen molar-refractivity contribution in [1.29, 1.82) is 0 Å². The summed E-state index contributed by atoms with van der Waals surface area (Å²) in [5.74, 6) is 1.71. The molecule has 38 heavy (non-hydrogen) atoms. The zero-order valence-electron chi connectivity index (χ0n) is 22.5. The van der Waals surface area contributed by atoms with Crippen molar-refractivity contribution in [3.05, 3.63) is 88.3 Å². The lowest BCUT2D eigenvalue weighted by Crippen LogP contribution is -2.43. The summed E-state index contributed by atoms with van der Waals surface area (Å²) in [6.07, 6.45) is 7.57. The monoisotopic (exact) mass is 508 g/mol. The van der Waals surface area contributed by atoms with Crippen LogP contribution in [0.15, 0.2) is 59.5 Å². The first-order valence-corrected chi connectivity index (χ1v) is 13.3. The van der Waals surface area contributed by atoms with E-state index in [1.807, 2.05) is 12.1 Å². The van der Waals surface area contributed by atoms with E-state index in [2.05, 4.69) is 54.9 Å². The molecule has 0 saturated carbocycles. The average Bonchev–Trinajstić information content (AvgIpc) is 3.54. The van der Waals surface area contributed by atoms with E-state index in [-0.39, 0.29) is 11.2 Å². The molecule has 1 fully saturated rings. The van der Waals surface area contributed by atoms with E-state index in [4.69, 9.17) is 14.7 Å². The highest BCUT2D eigenvalue weighted by molar-refractivity contribution is 6.03. The third kappa shape index (κ3) is 4.32. The van der Waals surface area contributed by atoms with E-state index in [1.165, 1.54) is 29.0 Å². The van der Waals surface area contributed by atoms with E-state index in [1.54, 1.807) is 13.4 Å². The van der Waals surface area contributed by atoms with Gasteiger partial charge >= 0.3 is 0 Å². The molecule has 1 aliphatic carbocycles. The molecule has 2 aromatic carbocycles. The van der Waals surface area contributed by atoms with Gasteiger partial charge in [0.1, 0.15) is 23.7 Å². The fourth-order valence-electron chi connectivity index (χ4n) is 6.05. The van der Waals surface area contributed by atoms with Gasteiger partial charge in [-0.1, -0.05) is 25.1 Å². The van der Waals surface area contributed by atoms with Gasteiger partial charge in [0.2, 0.25) is 0 Å². The molecule has 6 heteroatoms. The maximum Gasteiger partial charge on any atom is 0.139 e. The van der Waals surface area contributed by atoms with Gasteiger partial charge < -0.3 is 9.64 Å². The minimum Gasteiger partial charge on any atom is -0.496 e. The van der Waals surface area contributed by atoms with Crippen molar-refractivity contribution in [3.8, 4) is 5.75 Å². The molecule has 0 unspecified atom stereocenters. The third-order valence-electron chi connectivity index (χ3n) is 8.53. The number of hydrogen-bond donors (Lipinski definition) is 0. The molecule has 0 N–H and O–H groups in total. The molecule has 0 amide bonds. The van der Waals surface area contributed by atoms with Crippen LogP contribution < -0.4 is 9.64 Å². The van der Waals surface area contributed by atoms with Crippen LogP contribution in [0.3, 0.4) is 0 Å². The molecule has 0 spiro atoms. The Balaban J connectivity index is 1.17. The zero-order chi connectivity index (χ0) is 26.4. The summed E-state index contributed by atoms with van der Waals surface area (Å²) < 4.78 is 18.9. The van der Waals surface area contributed by atoms with Crippen molar-refractivity contribution in [1.82, 2.24) is 9.97 Å². The Bertz CT molecular complexity index is 1490. The van der Waals surface area contributed by atoms with Crippen LogP contribution in [0, 0.1) is 18.2 Å². The molecule has 1 saturated heterocycles. The SMILES string of the molecule is COc1ccc(C2=C(C)N=C(C3(C)CCN(c4ncnc5c4C=C(c4ccc(F)cc4)C5)CC3)C2)cc1C. The van der Waals surface area contributed by atoms with Crippen molar-refractivity contribution < 1.29 is 9.13 Å². The number of halogens is 1. The van der Waals surface area contributed by atoms with E-state index in [9.17, 15) is 4.39 Å². The fraction of sp³-hybridized carbons (Fsp3) is 0.344. The largest absolute Gasteiger partial charge is 0.496 e. The van der Waals surface area contributed by atoms with Gasteiger partial charge in [0.05, 0.1) is 12.8 Å². The minimum absolute atomic E-state index is 0.0618. The molecule has 0 bridgehead atoms. The van der Waals surface area contributed by atoms with Crippen molar-refractivity contribution in [2.45, 2.75) is 46.5 Å². The number of anilines is 1. The number of nitrogens with zero attached hydrogens (tertiary/aromatic N) is 4. The molecule has 194 valence electrons. The number of benzene rings is 2. The molecule has 1 aromatic heterocycles. The quantitative estimate of drug-likeness (QED) is 0.376. The first-order valence-electron chi connectivity index (χ1n) is 13.3. The molecule has 0 radical (unpaired) electrons. The van der Waals surface area contributed by atoms with E-state index in [0.29, 0.717) is 0 Å². The lowest BCUT2D eigenvalue weighted by Gasteiger charge is -2.40. The number of piperidine rings is 1. The number of allylic oxidation sites excluding steroid dienone is 3. The summed E-state index contributed by atoms with van der Waals surface area (Å²) in [5, 5.41) is 0. The van der Waals surface area contributed by atoms with Gasteiger partial charge in [-0.3, -0.25) is 4.99 Å². The van der Waals surface area contributed by atoms with Gasteiger partial charge in [-0.15, -0.1) is 0 Å². The van der Waals surface area contributed by atoms with Crippen LogP contribution in [0.5, 0.6) is 5.75 Å². The van der Waals surface area contributed by atoms with Crippen LogP contribution >= 0.6 is 0 Å². The minimum atomic E-state index is -0.217. The lowest BCUT2D eigenvalue weighted by molar-refractivity contribution is 0.351. The Morgan fingerprint density at radius 2 is 1.68 bits per heavy atom. The van der Waals surface area contributed by atoms with Gasteiger partial charge in [0.15, 0.2) is 0 Å². The van der Waals surface area contributed by atoms with Crippen LogP contribution in [0.1, 0.15) is 61.1 Å². The second-order valence-corrected chi connectivity index (χ2v) is 10.9. The second kappa shape index (κ2) is 9.50. The van der Waals surface area contributed by atoms with E-state index in [0.717, 1.165) is 84.0 Å². The van der Waals surface area contributed by atoms with Crippen LogP contribution in [-0.2, 0) is 6.42 Å². The standard InChI is InChI=1S/C32H33FN4O/c1-20-15-23(7-10-29(20)38-4)26-18-30(36-21(26)2)32(3)11-13-37(14-12-32)31-27-16-24(17-28(27)34-19-35-31)22-5-8-25(33)9-6-22/h5-10,15-16,19H,11-14,17-18H2,1-4H3. The molecule has 0 atom stereocenters. The summed E-state index contributed by atoms with van der Waals surface area (Å²) in [6.45, 7) is 8.45. The molecule has 3 heterocycles. The molecule has 3 aliphatic rings. The second-order valence-electron chi connectivity index (χ2n) is 10.9. The first-order chi connectivity index (χ1) is 18.3. The summed E-state index contributed by atoms with van der Waals surface area (Å²) in [6, 6.07) is 13.1. The van der Waals surface area contributed by atoms with Crippen LogP contribution in [0.4, 0.5) is 10.2 Å². The van der Waals surface area contributed by atoms with Gasteiger partial charge in [-0.2, -0.15) is 0 Å². The topological polar surface area (TPSA) is 50.6 Å². The normalized spacial score (nSPS) is 18.4. The number of aryl methyl sites for hydroxylation is 1. The summed E-state index contributed by atoms with van der Waals surface area (Å²) in [7, 11) is 1.72. The Hall–Kier alpha value is -3.80. The summed E-state index contributed by atoms with van der Waals surface area (Å²) >= 11 is 0. The van der Waals surface area contributed by atoms with E-state index < -0.39 is 0 Å². The number of methoxy groups -OCH3 is 1. The molecular weight excluding hydrogens is 475 g/mol. The molecule has 6 rings (SSSR count). The van der Waals surface area contributed by atoms with Gasteiger partial charge in [-0.05, 0) is 84.9 Å². The van der Waals surface area contributed by atoms with Gasteiger partial charge in [0.25, 0.3) is 0 Å². The molecule has 2 aliphatic heterocycles. The number of ether oxygens (including phenoxy) is 1. The van der Waals surface area contributed by atoms with Gasteiger partial charge in [-0.25, -0.2) is 14.4 Å². The van der Waals surface area contributed by atoms with Crippen LogP contribution in [-0.4, -0.2) is 35.9 Å². The predicted molar refractivity (Wildman–Crippen MR) is 152 cm³/mol. The third-order valence-corrected chi connectivity index (χ3v) is 8.53. The number of aromatic nitrogens is 2. The maximum absolute atomic E-state index is 13.4. The Morgan fingerprint density at radius 1 is 0.947 bits per heavy atom. The molecule has 5 nitrogen and oxygen atoms in total. The number of hydrogen-bond acceptors (Lipinski definition) is 5.